The number of carbonyl (C=O) groups excluding carboxylic acids is 1. The lowest BCUT2D eigenvalue weighted by molar-refractivity contribution is -0.141. The summed E-state index contributed by atoms with van der Waals surface area (Å²) in [4.78, 5) is 23.3. The highest BCUT2D eigenvalue weighted by atomic mass is 16.5. The number of amides is 1. The number of carbonyl (C=O) groups is 1. The molecule has 1 saturated heterocycles. The maximum Gasteiger partial charge on any atom is 0.259 e. The third kappa shape index (κ3) is 3.32. The Kier molecular flexibility index (Phi) is 4.64. The van der Waals surface area contributed by atoms with Crippen LogP contribution in [0.15, 0.2) is 29.0 Å². The highest BCUT2D eigenvalue weighted by Gasteiger charge is 2.37. The topological polar surface area (TPSA) is 72.1 Å². The Balaban J connectivity index is 1.72. The molecule has 0 spiro atoms. The molecule has 0 bridgehead atoms. The van der Waals surface area contributed by atoms with Crippen LogP contribution in [0.1, 0.15) is 45.9 Å². The van der Waals surface area contributed by atoms with Crippen molar-refractivity contribution in [2.45, 2.75) is 52.5 Å². The number of likely N-dealkylation sites (tertiary alicyclic amines) is 1. The minimum absolute atomic E-state index is 0.155. The number of aromatic nitrogens is 3. The summed E-state index contributed by atoms with van der Waals surface area (Å²) in [6.07, 6.45) is 6.90. The van der Waals surface area contributed by atoms with Gasteiger partial charge in [-0.15, -0.1) is 0 Å². The molecule has 0 N–H and O–H groups in total. The maximum atomic E-state index is 12.8. The molecule has 0 saturated carbocycles. The molecule has 3 rings (SSSR count). The number of rotatable bonds is 5. The van der Waals surface area contributed by atoms with Crippen LogP contribution in [-0.4, -0.2) is 38.5 Å². The van der Waals surface area contributed by atoms with Gasteiger partial charge in [0.25, 0.3) is 5.89 Å². The summed E-state index contributed by atoms with van der Waals surface area (Å²) in [6, 6.07) is 3.88. The van der Waals surface area contributed by atoms with E-state index in [-0.39, 0.29) is 17.4 Å². The molecule has 1 fully saturated rings. The van der Waals surface area contributed by atoms with Crippen LogP contribution in [0, 0.1) is 5.41 Å². The van der Waals surface area contributed by atoms with Crippen molar-refractivity contribution in [3.8, 4) is 11.5 Å². The van der Waals surface area contributed by atoms with Crippen LogP contribution in [0.5, 0.6) is 0 Å². The molecule has 1 aliphatic heterocycles. The fraction of sp³-hybridized carbons (Fsp3) is 0.556. The van der Waals surface area contributed by atoms with E-state index in [1.807, 2.05) is 30.9 Å². The van der Waals surface area contributed by atoms with E-state index >= 15 is 0 Å². The second kappa shape index (κ2) is 6.71. The molecule has 128 valence electrons. The van der Waals surface area contributed by atoms with Gasteiger partial charge in [-0.2, -0.15) is 4.98 Å². The van der Waals surface area contributed by atoms with Crippen LogP contribution in [0.25, 0.3) is 11.5 Å². The molecule has 3 heterocycles. The van der Waals surface area contributed by atoms with E-state index in [1.165, 1.54) is 0 Å². The van der Waals surface area contributed by atoms with E-state index in [0.717, 1.165) is 31.4 Å². The molecule has 0 radical (unpaired) electrons. The number of pyridine rings is 1. The van der Waals surface area contributed by atoms with Crippen LogP contribution in [0.2, 0.25) is 0 Å². The molecule has 6 nitrogen and oxygen atoms in total. The van der Waals surface area contributed by atoms with Gasteiger partial charge in [0.1, 0.15) is 0 Å². The van der Waals surface area contributed by atoms with E-state index in [9.17, 15) is 4.79 Å². The maximum absolute atomic E-state index is 12.8. The first-order chi connectivity index (χ1) is 11.5. The fourth-order valence-corrected chi connectivity index (χ4v) is 3.01. The zero-order valence-electron chi connectivity index (χ0n) is 14.5. The second-order valence-electron chi connectivity index (χ2n) is 6.99. The predicted octanol–water partition coefficient (Wildman–Crippen LogP) is 3.10. The molecule has 1 aliphatic rings. The van der Waals surface area contributed by atoms with Gasteiger partial charge in [-0.05, 0) is 31.4 Å². The fourth-order valence-electron chi connectivity index (χ4n) is 3.01. The lowest BCUT2D eigenvalue weighted by Gasteiger charge is -2.32. The van der Waals surface area contributed by atoms with Gasteiger partial charge in [-0.25, -0.2) is 0 Å². The average molecular weight is 328 g/mol. The molecular formula is C18H24N4O2. The molecule has 2 aromatic heterocycles. The van der Waals surface area contributed by atoms with E-state index in [4.69, 9.17) is 4.52 Å². The van der Waals surface area contributed by atoms with Crippen molar-refractivity contribution in [1.29, 1.82) is 0 Å². The van der Waals surface area contributed by atoms with Crippen molar-refractivity contribution in [1.82, 2.24) is 20.0 Å². The molecule has 1 unspecified atom stereocenters. The van der Waals surface area contributed by atoms with E-state index < -0.39 is 0 Å². The zero-order chi connectivity index (χ0) is 17.2. The van der Waals surface area contributed by atoms with Crippen LogP contribution in [-0.2, 0) is 11.2 Å². The van der Waals surface area contributed by atoms with Crippen molar-refractivity contribution >= 4 is 5.91 Å². The van der Waals surface area contributed by atoms with Gasteiger partial charge in [0.2, 0.25) is 5.91 Å². The largest absolute Gasteiger partial charge is 0.339 e. The average Bonchev–Trinajstić information content (AvgIpc) is 3.25. The number of nitrogens with zero attached hydrogens (tertiary/aromatic N) is 4. The van der Waals surface area contributed by atoms with Crippen LogP contribution in [0.4, 0.5) is 0 Å². The van der Waals surface area contributed by atoms with Gasteiger partial charge in [-0.3, -0.25) is 9.78 Å². The van der Waals surface area contributed by atoms with Crippen LogP contribution in [0.3, 0.4) is 0 Å². The molecule has 0 aromatic carbocycles. The summed E-state index contributed by atoms with van der Waals surface area (Å²) in [5.41, 5.74) is 0.489. The first-order valence-corrected chi connectivity index (χ1v) is 8.55. The summed E-state index contributed by atoms with van der Waals surface area (Å²) >= 11 is 0. The lowest BCUT2D eigenvalue weighted by Crippen LogP contribution is -2.44. The minimum atomic E-state index is -0.319. The van der Waals surface area contributed by atoms with Crippen molar-refractivity contribution in [2.75, 3.05) is 6.54 Å². The molecule has 1 atom stereocenters. The molecule has 6 heteroatoms. The Labute approximate surface area is 142 Å². The molecular weight excluding hydrogens is 304 g/mol. The second-order valence-corrected chi connectivity index (χ2v) is 6.99. The lowest BCUT2D eigenvalue weighted by atomic mass is 9.88. The quantitative estimate of drug-likeness (QED) is 0.843. The van der Waals surface area contributed by atoms with Crippen molar-refractivity contribution < 1.29 is 9.32 Å². The third-order valence-corrected chi connectivity index (χ3v) is 4.90. The van der Waals surface area contributed by atoms with Gasteiger partial charge in [0, 0.05) is 36.8 Å². The predicted molar refractivity (Wildman–Crippen MR) is 90.0 cm³/mol. The standard InChI is InChI=1S/C18H24N4O2/c1-4-18(2,3)17(23)22-10-6-8-14(22)11-15-20-16(24-21-15)13-7-5-9-19-12-13/h5,7,9,12,14H,4,6,8,10-11H2,1-3H3. The molecule has 0 aliphatic carbocycles. The molecule has 1 amide bonds. The zero-order valence-corrected chi connectivity index (χ0v) is 14.5. The normalized spacial score (nSPS) is 18.1. The van der Waals surface area contributed by atoms with Gasteiger partial charge in [-0.1, -0.05) is 25.9 Å². The van der Waals surface area contributed by atoms with Gasteiger partial charge >= 0.3 is 0 Å². The smallest absolute Gasteiger partial charge is 0.259 e. The summed E-state index contributed by atoms with van der Waals surface area (Å²) in [5, 5.41) is 4.08. The van der Waals surface area contributed by atoms with Gasteiger partial charge in [0.15, 0.2) is 5.82 Å². The Morgan fingerprint density at radius 1 is 1.46 bits per heavy atom. The van der Waals surface area contributed by atoms with Gasteiger partial charge < -0.3 is 9.42 Å². The van der Waals surface area contributed by atoms with E-state index in [0.29, 0.717) is 18.1 Å². The Bertz CT molecular complexity index is 696. The van der Waals surface area contributed by atoms with Crippen LogP contribution < -0.4 is 0 Å². The van der Waals surface area contributed by atoms with E-state index in [2.05, 4.69) is 22.0 Å². The number of hydrogen-bond acceptors (Lipinski definition) is 5. The first kappa shape index (κ1) is 16.6. The summed E-state index contributed by atoms with van der Waals surface area (Å²) in [5.74, 6) is 1.35. The monoisotopic (exact) mass is 328 g/mol. The highest BCUT2D eigenvalue weighted by molar-refractivity contribution is 5.82. The summed E-state index contributed by atoms with van der Waals surface area (Å²) < 4.78 is 5.34. The molecule has 2 aromatic rings. The Hall–Kier alpha value is -2.24. The first-order valence-electron chi connectivity index (χ1n) is 8.55. The Morgan fingerprint density at radius 2 is 2.29 bits per heavy atom. The highest BCUT2D eigenvalue weighted by Crippen LogP contribution is 2.29. The SMILES string of the molecule is CCC(C)(C)C(=O)N1CCCC1Cc1noc(-c2cccnc2)n1. The third-order valence-electron chi connectivity index (χ3n) is 4.90. The number of hydrogen-bond donors (Lipinski definition) is 0. The van der Waals surface area contributed by atoms with Crippen LogP contribution >= 0.6 is 0 Å². The summed E-state index contributed by atoms with van der Waals surface area (Å²) in [6.45, 7) is 6.90. The minimum Gasteiger partial charge on any atom is -0.339 e. The summed E-state index contributed by atoms with van der Waals surface area (Å²) in [7, 11) is 0. The van der Waals surface area contributed by atoms with Crippen molar-refractivity contribution in [2.24, 2.45) is 5.41 Å². The molecule has 24 heavy (non-hydrogen) atoms. The van der Waals surface area contributed by atoms with Gasteiger partial charge in [0.05, 0.1) is 5.56 Å². The van der Waals surface area contributed by atoms with Crippen molar-refractivity contribution in [3.05, 3.63) is 30.4 Å². The Morgan fingerprint density at radius 3 is 3.00 bits per heavy atom. The van der Waals surface area contributed by atoms with Crippen molar-refractivity contribution in [3.63, 3.8) is 0 Å². The van der Waals surface area contributed by atoms with E-state index in [1.54, 1.807) is 12.4 Å².